The standard InChI is InChI=1S/C15H16ClN3O2/c1-18(2)13-6-3-11(4-7-13)10-17-12-5-8-15(19(20)21)14(16)9-12/h3-9,17H,10H2,1-2H3. The molecule has 21 heavy (non-hydrogen) atoms. The first-order chi connectivity index (χ1) is 9.97. The van der Waals surface area contributed by atoms with E-state index in [1.54, 1.807) is 12.1 Å². The summed E-state index contributed by atoms with van der Waals surface area (Å²) < 4.78 is 0. The molecule has 2 aromatic rings. The van der Waals surface area contributed by atoms with E-state index in [-0.39, 0.29) is 10.7 Å². The Morgan fingerprint density at radius 2 is 1.86 bits per heavy atom. The summed E-state index contributed by atoms with van der Waals surface area (Å²) in [5, 5.41) is 14.0. The molecule has 0 saturated heterocycles. The molecule has 0 radical (unpaired) electrons. The fourth-order valence-corrected chi connectivity index (χ4v) is 2.13. The highest BCUT2D eigenvalue weighted by Gasteiger charge is 2.11. The summed E-state index contributed by atoms with van der Waals surface area (Å²) in [4.78, 5) is 12.2. The Hall–Kier alpha value is -2.27. The van der Waals surface area contributed by atoms with E-state index in [1.165, 1.54) is 6.07 Å². The first-order valence-corrected chi connectivity index (χ1v) is 6.79. The lowest BCUT2D eigenvalue weighted by Crippen LogP contribution is -2.08. The van der Waals surface area contributed by atoms with E-state index >= 15 is 0 Å². The van der Waals surface area contributed by atoms with Gasteiger partial charge in [0, 0.05) is 38.1 Å². The van der Waals surface area contributed by atoms with E-state index < -0.39 is 4.92 Å². The van der Waals surface area contributed by atoms with Gasteiger partial charge in [0.25, 0.3) is 5.69 Å². The van der Waals surface area contributed by atoms with Gasteiger partial charge in [0.15, 0.2) is 0 Å². The predicted molar refractivity (Wildman–Crippen MR) is 86.2 cm³/mol. The molecule has 0 spiro atoms. The number of nitrogens with zero attached hydrogens (tertiary/aromatic N) is 2. The van der Waals surface area contributed by atoms with Crippen molar-refractivity contribution in [3.63, 3.8) is 0 Å². The van der Waals surface area contributed by atoms with Crippen LogP contribution in [0, 0.1) is 10.1 Å². The Balaban J connectivity index is 2.03. The summed E-state index contributed by atoms with van der Waals surface area (Å²) in [5.74, 6) is 0. The fourth-order valence-electron chi connectivity index (χ4n) is 1.88. The SMILES string of the molecule is CN(C)c1ccc(CNc2ccc([N+](=O)[O-])c(Cl)c2)cc1. The summed E-state index contributed by atoms with van der Waals surface area (Å²) in [5.41, 5.74) is 2.92. The first kappa shape index (κ1) is 15.1. The minimum atomic E-state index is -0.494. The van der Waals surface area contributed by atoms with Gasteiger partial charge in [-0.05, 0) is 29.8 Å². The Bertz CT molecular complexity index is 642. The number of hydrogen-bond acceptors (Lipinski definition) is 4. The van der Waals surface area contributed by atoms with Crippen molar-refractivity contribution >= 4 is 28.7 Å². The monoisotopic (exact) mass is 305 g/mol. The molecule has 0 aliphatic heterocycles. The molecule has 2 rings (SSSR count). The molecular weight excluding hydrogens is 290 g/mol. The summed E-state index contributed by atoms with van der Waals surface area (Å²) in [6.45, 7) is 0.627. The first-order valence-electron chi connectivity index (χ1n) is 6.41. The number of halogens is 1. The third-order valence-electron chi connectivity index (χ3n) is 3.09. The molecule has 0 aliphatic rings. The van der Waals surface area contributed by atoms with Crippen molar-refractivity contribution in [3.05, 3.63) is 63.2 Å². The smallest absolute Gasteiger partial charge is 0.288 e. The largest absolute Gasteiger partial charge is 0.381 e. The molecule has 0 bridgehead atoms. The lowest BCUT2D eigenvalue weighted by atomic mass is 10.2. The Labute approximate surface area is 128 Å². The summed E-state index contributed by atoms with van der Waals surface area (Å²) in [6.07, 6.45) is 0. The predicted octanol–water partition coefficient (Wildman–Crippen LogP) is 3.93. The van der Waals surface area contributed by atoms with Gasteiger partial charge in [0.2, 0.25) is 0 Å². The highest BCUT2D eigenvalue weighted by atomic mass is 35.5. The van der Waals surface area contributed by atoms with Gasteiger partial charge in [-0.15, -0.1) is 0 Å². The van der Waals surface area contributed by atoms with Gasteiger partial charge in [-0.1, -0.05) is 23.7 Å². The maximum absolute atomic E-state index is 10.7. The third-order valence-corrected chi connectivity index (χ3v) is 3.40. The third kappa shape index (κ3) is 3.86. The lowest BCUT2D eigenvalue weighted by molar-refractivity contribution is -0.384. The van der Waals surface area contributed by atoms with Gasteiger partial charge in [0.05, 0.1) is 4.92 Å². The number of benzene rings is 2. The molecular formula is C15H16ClN3O2. The molecule has 5 nitrogen and oxygen atoms in total. The zero-order chi connectivity index (χ0) is 15.4. The minimum Gasteiger partial charge on any atom is -0.381 e. The molecule has 0 saturated carbocycles. The van der Waals surface area contributed by atoms with Crippen LogP contribution in [0.2, 0.25) is 5.02 Å². The van der Waals surface area contributed by atoms with Crippen LogP contribution < -0.4 is 10.2 Å². The van der Waals surface area contributed by atoms with Crippen LogP contribution in [0.4, 0.5) is 17.1 Å². The van der Waals surface area contributed by atoms with Crippen LogP contribution in [0.25, 0.3) is 0 Å². The van der Waals surface area contributed by atoms with Crippen LogP contribution in [0.15, 0.2) is 42.5 Å². The van der Waals surface area contributed by atoms with Crippen LogP contribution >= 0.6 is 11.6 Å². The number of hydrogen-bond donors (Lipinski definition) is 1. The highest BCUT2D eigenvalue weighted by molar-refractivity contribution is 6.32. The van der Waals surface area contributed by atoms with Gasteiger partial charge in [-0.25, -0.2) is 0 Å². The van der Waals surface area contributed by atoms with Gasteiger partial charge in [-0.3, -0.25) is 10.1 Å². The van der Waals surface area contributed by atoms with Crippen molar-refractivity contribution in [2.75, 3.05) is 24.3 Å². The van der Waals surface area contributed by atoms with Crippen molar-refractivity contribution in [1.29, 1.82) is 0 Å². The zero-order valence-corrected chi connectivity index (χ0v) is 12.6. The number of nitro groups is 1. The van der Waals surface area contributed by atoms with E-state index in [0.29, 0.717) is 6.54 Å². The average Bonchev–Trinajstić information content (AvgIpc) is 2.45. The van der Waals surface area contributed by atoms with Crippen LogP contribution in [0.5, 0.6) is 0 Å². The zero-order valence-electron chi connectivity index (χ0n) is 11.8. The van der Waals surface area contributed by atoms with Crippen molar-refractivity contribution < 1.29 is 4.92 Å². The summed E-state index contributed by atoms with van der Waals surface area (Å²) in [6, 6.07) is 12.8. The molecule has 0 fully saturated rings. The number of anilines is 2. The Morgan fingerprint density at radius 3 is 2.38 bits per heavy atom. The quantitative estimate of drug-likeness (QED) is 0.672. The molecule has 0 aromatic heterocycles. The van der Waals surface area contributed by atoms with Crippen molar-refractivity contribution in [1.82, 2.24) is 0 Å². The van der Waals surface area contributed by atoms with E-state index in [4.69, 9.17) is 11.6 Å². The number of nitrogens with one attached hydrogen (secondary N) is 1. The van der Waals surface area contributed by atoms with Crippen LogP contribution in [0.3, 0.4) is 0 Å². The molecule has 0 heterocycles. The van der Waals surface area contributed by atoms with Gasteiger partial charge < -0.3 is 10.2 Å². The second-order valence-electron chi connectivity index (χ2n) is 4.84. The van der Waals surface area contributed by atoms with E-state index in [0.717, 1.165) is 16.9 Å². The summed E-state index contributed by atoms with van der Waals surface area (Å²) in [7, 11) is 3.98. The number of nitro benzene ring substituents is 1. The van der Waals surface area contributed by atoms with Crippen molar-refractivity contribution in [3.8, 4) is 0 Å². The molecule has 6 heteroatoms. The molecule has 110 valence electrons. The lowest BCUT2D eigenvalue weighted by Gasteiger charge is -2.13. The minimum absolute atomic E-state index is 0.0856. The molecule has 1 N–H and O–H groups in total. The van der Waals surface area contributed by atoms with E-state index in [1.807, 2.05) is 43.3 Å². The van der Waals surface area contributed by atoms with E-state index in [2.05, 4.69) is 5.32 Å². The van der Waals surface area contributed by atoms with Crippen LogP contribution in [-0.2, 0) is 6.54 Å². The highest BCUT2D eigenvalue weighted by Crippen LogP contribution is 2.27. The topological polar surface area (TPSA) is 58.4 Å². The van der Waals surface area contributed by atoms with Crippen molar-refractivity contribution in [2.24, 2.45) is 0 Å². The van der Waals surface area contributed by atoms with Gasteiger partial charge in [-0.2, -0.15) is 0 Å². The molecule has 0 aliphatic carbocycles. The average molecular weight is 306 g/mol. The maximum Gasteiger partial charge on any atom is 0.288 e. The maximum atomic E-state index is 10.7. The summed E-state index contributed by atoms with van der Waals surface area (Å²) >= 11 is 5.87. The molecule has 0 amide bonds. The Kier molecular flexibility index (Phi) is 4.65. The van der Waals surface area contributed by atoms with E-state index in [9.17, 15) is 10.1 Å². The normalized spacial score (nSPS) is 10.2. The molecule has 2 aromatic carbocycles. The van der Waals surface area contributed by atoms with Gasteiger partial charge in [0.1, 0.15) is 5.02 Å². The van der Waals surface area contributed by atoms with Crippen LogP contribution in [-0.4, -0.2) is 19.0 Å². The number of rotatable bonds is 5. The molecule has 0 atom stereocenters. The molecule has 0 unspecified atom stereocenters. The second kappa shape index (κ2) is 6.45. The second-order valence-corrected chi connectivity index (χ2v) is 5.24. The Morgan fingerprint density at radius 1 is 1.19 bits per heavy atom. The van der Waals surface area contributed by atoms with Crippen LogP contribution in [0.1, 0.15) is 5.56 Å². The fraction of sp³-hybridized carbons (Fsp3) is 0.200. The van der Waals surface area contributed by atoms with Crippen molar-refractivity contribution in [2.45, 2.75) is 6.54 Å². The van der Waals surface area contributed by atoms with Gasteiger partial charge >= 0.3 is 0 Å².